The normalized spacial score (nSPS) is 31.9. The van der Waals surface area contributed by atoms with E-state index in [4.69, 9.17) is 4.74 Å². The van der Waals surface area contributed by atoms with Crippen molar-refractivity contribution in [1.82, 2.24) is 0 Å². The lowest BCUT2D eigenvalue weighted by Crippen LogP contribution is -2.63. The summed E-state index contributed by atoms with van der Waals surface area (Å²) in [6.45, 7) is 1.51. The van der Waals surface area contributed by atoms with Crippen LogP contribution in [-0.4, -0.2) is 56.6 Å². The average molecular weight is 380 g/mol. The van der Waals surface area contributed by atoms with Crippen molar-refractivity contribution in [3.05, 3.63) is 57.3 Å². The molecular formula is C19H24O6S. The van der Waals surface area contributed by atoms with Crippen LogP contribution in [0.1, 0.15) is 27.8 Å². The molecule has 1 aromatic carbocycles. The minimum absolute atomic E-state index is 0.263. The van der Waals surface area contributed by atoms with Crippen molar-refractivity contribution in [1.29, 1.82) is 0 Å². The lowest BCUT2D eigenvalue weighted by Gasteiger charge is -2.45. The predicted molar refractivity (Wildman–Crippen MR) is 96.8 cm³/mol. The molecule has 3 rings (SSSR count). The monoisotopic (exact) mass is 380 g/mol. The van der Waals surface area contributed by atoms with Crippen LogP contribution < -0.4 is 0 Å². The molecule has 7 heteroatoms. The van der Waals surface area contributed by atoms with Crippen LogP contribution in [0.15, 0.2) is 36.4 Å². The molecule has 1 fully saturated rings. The summed E-state index contributed by atoms with van der Waals surface area (Å²) in [5, 5.41) is 50.4. The van der Waals surface area contributed by atoms with E-state index >= 15 is 0 Å². The van der Waals surface area contributed by atoms with E-state index in [1.165, 1.54) is 9.75 Å². The van der Waals surface area contributed by atoms with Gasteiger partial charge in [-0.05, 0) is 30.2 Å². The Morgan fingerprint density at radius 3 is 2.46 bits per heavy atom. The Morgan fingerprint density at radius 1 is 1.08 bits per heavy atom. The molecule has 2 aromatic rings. The van der Waals surface area contributed by atoms with E-state index in [-0.39, 0.29) is 5.56 Å². The summed E-state index contributed by atoms with van der Waals surface area (Å²) in [6, 6.07) is 11.1. The minimum Gasteiger partial charge on any atom is -0.394 e. The Hall–Kier alpha value is -1.32. The summed E-state index contributed by atoms with van der Waals surface area (Å²) < 4.78 is 5.38. The first kappa shape index (κ1) is 19.4. The largest absolute Gasteiger partial charge is 0.394 e. The van der Waals surface area contributed by atoms with Gasteiger partial charge in [-0.15, -0.1) is 11.3 Å². The van der Waals surface area contributed by atoms with Crippen LogP contribution in [0.2, 0.25) is 0 Å². The Balaban J connectivity index is 1.88. The van der Waals surface area contributed by atoms with Gasteiger partial charge in [0, 0.05) is 21.7 Å². The van der Waals surface area contributed by atoms with Crippen LogP contribution in [-0.2, 0) is 23.4 Å². The first-order chi connectivity index (χ1) is 12.4. The van der Waals surface area contributed by atoms with Crippen LogP contribution >= 0.6 is 11.3 Å². The topological polar surface area (TPSA) is 110 Å². The number of hydrogen-bond acceptors (Lipinski definition) is 7. The fourth-order valence-electron chi connectivity index (χ4n) is 3.21. The van der Waals surface area contributed by atoms with Gasteiger partial charge in [0.05, 0.1) is 6.61 Å². The first-order valence-corrected chi connectivity index (χ1v) is 9.43. The third kappa shape index (κ3) is 3.57. The summed E-state index contributed by atoms with van der Waals surface area (Å²) in [6.07, 6.45) is -4.43. The highest BCUT2D eigenvalue weighted by molar-refractivity contribution is 7.12. The summed E-state index contributed by atoms with van der Waals surface area (Å²) in [7, 11) is 0. The smallest absolute Gasteiger partial charge is 0.222 e. The van der Waals surface area contributed by atoms with Gasteiger partial charge >= 0.3 is 0 Å². The van der Waals surface area contributed by atoms with Gasteiger partial charge in [-0.1, -0.05) is 25.1 Å². The quantitative estimate of drug-likeness (QED) is 0.517. The lowest BCUT2D eigenvalue weighted by atomic mass is 9.87. The van der Waals surface area contributed by atoms with Crippen LogP contribution in [0.25, 0.3) is 0 Å². The van der Waals surface area contributed by atoms with Crippen molar-refractivity contribution in [3.63, 3.8) is 0 Å². The zero-order chi connectivity index (χ0) is 18.9. The maximum atomic E-state index is 10.9. The van der Waals surface area contributed by atoms with Crippen LogP contribution in [0.3, 0.4) is 0 Å². The SMILES string of the molecule is CCc1ccc(Cc2cccc(C3(O)O[C@H](CO)[C@@H](O)[C@H](O)[C@H]3O)c2)s1. The van der Waals surface area contributed by atoms with Gasteiger partial charge in [-0.2, -0.15) is 0 Å². The molecule has 1 aliphatic heterocycles. The minimum atomic E-state index is -2.22. The highest BCUT2D eigenvalue weighted by atomic mass is 32.1. The summed E-state index contributed by atoms with van der Waals surface area (Å²) in [4.78, 5) is 2.48. The molecule has 0 bridgehead atoms. The molecule has 0 aliphatic carbocycles. The number of ether oxygens (including phenoxy) is 1. The van der Waals surface area contributed by atoms with Gasteiger partial charge in [0.2, 0.25) is 5.79 Å². The van der Waals surface area contributed by atoms with Crippen molar-refractivity contribution in [3.8, 4) is 0 Å². The van der Waals surface area contributed by atoms with E-state index in [1.54, 1.807) is 29.5 Å². The molecule has 26 heavy (non-hydrogen) atoms. The number of thiophene rings is 1. The van der Waals surface area contributed by atoms with E-state index in [0.29, 0.717) is 6.42 Å². The Morgan fingerprint density at radius 2 is 1.81 bits per heavy atom. The van der Waals surface area contributed by atoms with Gasteiger partial charge in [-0.25, -0.2) is 0 Å². The van der Waals surface area contributed by atoms with Crippen LogP contribution in [0.4, 0.5) is 0 Å². The van der Waals surface area contributed by atoms with Gasteiger partial charge in [0.15, 0.2) is 0 Å². The van der Waals surface area contributed by atoms with Crippen molar-refractivity contribution in [2.24, 2.45) is 0 Å². The fraction of sp³-hybridized carbons (Fsp3) is 0.474. The molecular weight excluding hydrogens is 356 g/mol. The highest BCUT2D eigenvalue weighted by Crippen LogP contribution is 2.36. The zero-order valence-electron chi connectivity index (χ0n) is 14.4. The number of aryl methyl sites for hydroxylation is 1. The van der Waals surface area contributed by atoms with Gasteiger partial charge in [0.25, 0.3) is 0 Å². The molecule has 5 atom stereocenters. The summed E-state index contributed by atoms with van der Waals surface area (Å²) in [5.74, 6) is -2.22. The third-order valence-electron chi connectivity index (χ3n) is 4.75. The second-order valence-electron chi connectivity index (χ2n) is 6.56. The predicted octanol–water partition coefficient (Wildman–Crippen LogP) is 0.520. The van der Waals surface area contributed by atoms with Gasteiger partial charge in [0.1, 0.15) is 24.4 Å². The van der Waals surface area contributed by atoms with E-state index in [9.17, 15) is 25.5 Å². The molecule has 5 N–H and O–H groups in total. The Labute approximate surface area is 155 Å². The fourth-order valence-corrected chi connectivity index (χ4v) is 4.20. The molecule has 6 nitrogen and oxygen atoms in total. The average Bonchev–Trinajstić information content (AvgIpc) is 3.11. The number of aliphatic hydroxyl groups is 5. The molecule has 0 spiro atoms. The van der Waals surface area contributed by atoms with E-state index in [2.05, 4.69) is 19.1 Å². The van der Waals surface area contributed by atoms with Crippen molar-refractivity contribution >= 4 is 11.3 Å². The maximum Gasteiger partial charge on any atom is 0.222 e. The van der Waals surface area contributed by atoms with E-state index in [0.717, 1.165) is 12.0 Å². The zero-order valence-corrected chi connectivity index (χ0v) is 15.3. The van der Waals surface area contributed by atoms with Gasteiger partial charge in [-0.3, -0.25) is 0 Å². The molecule has 0 radical (unpaired) electrons. The van der Waals surface area contributed by atoms with E-state index in [1.807, 2.05) is 6.07 Å². The van der Waals surface area contributed by atoms with Crippen molar-refractivity contribution < 1.29 is 30.3 Å². The van der Waals surface area contributed by atoms with Crippen LogP contribution in [0, 0.1) is 0 Å². The number of rotatable bonds is 5. The Kier molecular flexibility index (Phi) is 5.78. The molecule has 1 aromatic heterocycles. The van der Waals surface area contributed by atoms with E-state index < -0.39 is 36.8 Å². The number of benzene rings is 1. The molecule has 0 amide bonds. The lowest BCUT2D eigenvalue weighted by molar-refractivity contribution is -0.357. The molecule has 1 unspecified atom stereocenters. The van der Waals surface area contributed by atoms with Crippen molar-refractivity contribution in [2.75, 3.05) is 6.61 Å². The maximum absolute atomic E-state index is 10.9. The second-order valence-corrected chi connectivity index (χ2v) is 7.81. The molecule has 1 saturated heterocycles. The van der Waals surface area contributed by atoms with Crippen molar-refractivity contribution in [2.45, 2.75) is 50.0 Å². The summed E-state index contributed by atoms with van der Waals surface area (Å²) in [5.41, 5.74) is 1.18. The molecule has 1 aliphatic rings. The highest BCUT2D eigenvalue weighted by Gasteiger charge is 2.53. The first-order valence-electron chi connectivity index (χ1n) is 8.61. The molecule has 0 saturated carbocycles. The molecule has 142 valence electrons. The standard InChI is InChI=1S/C19H24O6S/c1-2-13-6-7-14(26-13)9-11-4-3-5-12(8-11)19(24)18(23)17(22)16(21)15(10-20)25-19/h3-8,15-18,20-24H,2,9-10H2,1H3/t15-,16-,17+,18-,19?/m1/s1. The Bertz CT molecular complexity index is 745. The van der Waals surface area contributed by atoms with Crippen LogP contribution in [0.5, 0.6) is 0 Å². The molecule has 2 heterocycles. The third-order valence-corrected chi connectivity index (χ3v) is 5.98. The van der Waals surface area contributed by atoms with Gasteiger partial charge < -0.3 is 30.3 Å². The summed E-state index contributed by atoms with van der Waals surface area (Å²) >= 11 is 1.72. The number of hydrogen-bond donors (Lipinski definition) is 5. The second kappa shape index (κ2) is 7.74. The number of aliphatic hydroxyl groups excluding tert-OH is 4.